The summed E-state index contributed by atoms with van der Waals surface area (Å²) < 4.78 is 10.6. The van der Waals surface area contributed by atoms with Crippen molar-refractivity contribution in [2.45, 2.75) is 6.42 Å². The lowest BCUT2D eigenvalue weighted by atomic mass is 9.63. The molecule has 0 aromatic heterocycles. The van der Waals surface area contributed by atoms with Crippen LogP contribution in [0.4, 0.5) is 11.4 Å². The third kappa shape index (κ3) is 2.84. The van der Waals surface area contributed by atoms with Crippen LogP contribution in [-0.2, 0) is 9.59 Å². The minimum atomic E-state index is -0.434. The zero-order chi connectivity index (χ0) is 22.9. The van der Waals surface area contributed by atoms with E-state index < -0.39 is 5.91 Å². The van der Waals surface area contributed by atoms with Crippen molar-refractivity contribution < 1.29 is 23.9 Å². The van der Waals surface area contributed by atoms with Crippen LogP contribution in [0.2, 0.25) is 0 Å². The van der Waals surface area contributed by atoms with E-state index in [1.54, 1.807) is 49.6 Å². The smallest absolute Gasteiger partial charge is 0.257 e. The fraction of sp³-hybridized carbons (Fsp3) is 0.346. The maximum atomic E-state index is 13.5. The summed E-state index contributed by atoms with van der Waals surface area (Å²) in [6.45, 7) is 0. The van der Waals surface area contributed by atoms with E-state index in [2.05, 4.69) is 17.5 Å². The van der Waals surface area contributed by atoms with Crippen molar-refractivity contribution in [2.75, 3.05) is 24.4 Å². The number of imide groups is 1. The number of para-hydroxylation sites is 1. The number of hydrogen-bond acceptors (Lipinski definition) is 5. The van der Waals surface area contributed by atoms with Gasteiger partial charge >= 0.3 is 0 Å². The van der Waals surface area contributed by atoms with Gasteiger partial charge in [0.05, 0.1) is 43.0 Å². The van der Waals surface area contributed by atoms with Crippen molar-refractivity contribution in [3.8, 4) is 11.5 Å². The second-order valence-corrected chi connectivity index (χ2v) is 9.20. The number of nitrogens with zero attached hydrogens (tertiary/aromatic N) is 1. The summed E-state index contributed by atoms with van der Waals surface area (Å²) in [6.07, 6.45) is 5.39. The number of carbonyl (C=O) groups is 3. The van der Waals surface area contributed by atoms with Gasteiger partial charge in [0.2, 0.25) is 11.8 Å². The largest absolute Gasteiger partial charge is 0.497 e. The quantitative estimate of drug-likeness (QED) is 0.564. The van der Waals surface area contributed by atoms with Crippen LogP contribution in [0, 0.1) is 35.5 Å². The third-order valence-corrected chi connectivity index (χ3v) is 7.71. The second kappa shape index (κ2) is 7.20. The lowest BCUT2D eigenvalue weighted by molar-refractivity contribution is -0.124. The predicted molar refractivity (Wildman–Crippen MR) is 121 cm³/mol. The normalized spacial score (nSPS) is 30.7. The third-order valence-electron chi connectivity index (χ3n) is 7.71. The molecule has 2 aromatic rings. The number of methoxy groups -OCH3 is 2. The Morgan fingerprint density at radius 1 is 0.939 bits per heavy atom. The zero-order valence-electron chi connectivity index (χ0n) is 18.4. The summed E-state index contributed by atoms with van der Waals surface area (Å²) in [5.74, 6) is 0.921. The van der Waals surface area contributed by atoms with Crippen LogP contribution in [-0.4, -0.2) is 31.9 Å². The summed E-state index contributed by atoms with van der Waals surface area (Å²) in [5, 5.41) is 2.85. The molecular formula is C26H24N2O5. The Balaban J connectivity index is 1.34. The molecule has 7 heteroatoms. The number of rotatable bonds is 5. The van der Waals surface area contributed by atoms with Crippen molar-refractivity contribution >= 4 is 29.1 Å². The van der Waals surface area contributed by atoms with Crippen LogP contribution in [0.1, 0.15) is 16.8 Å². The van der Waals surface area contributed by atoms with Gasteiger partial charge < -0.3 is 14.8 Å². The van der Waals surface area contributed by atoms with Gasteiger partial charge in [0.1, 0.15) is 11.5 Å². The molecule has 0 radical (unpaired) electrons. The fourth-order valence-electron chi connectivity index (χ4n) is 6.16. The van der Waals surface area contributed by atoms with Crippen molar-refractivity contribution in [3.63, 3.8) is 0 Å². The second-order valence-electron chi connectivity index (χ2n) is 9.20. The molecule has 2 aromatic carbocycles. The Bertz CT molecular complexity index is 1180. The molecule has 1 aliphatic heterocycles. The van der Waals surface area contributed by atoms with E-state index >= 15 is 0 Å². The molecule has 2 saturated carbocycles. The maximum absolute atomic E-state index is 13.5. The van der Waals surface area contributed by atoms with E-state index in [-0.39, 0.29) is 41.0 Å². The van der Waals surface area contributed by atoms with Gasteiger partial charge in [0.15, 0.2) is 0 Å². The number of allylic oxidation sites excluding steroid dienone is 2. The summed E-state index contributed by atoms with van der Waals surface area (Å²) in [6, 6.07) is 11.9. The van der Waals surface area contributed by atoms with Crippen LogP contribution in [0.5, 0.6) is 11.5 Å². The number of nitrogens with one attached hydrogen (secondary N) is 1. The molecule has 1 saturated heterocycles. The number of anilines is 2. The Morgan fingerprint density at radius 2 is 1.61 bits per heavy atom. The van der Waals surface area contributed by atoms with E-state index in [1.807, 2.05) is 0 Å². The summed E-state index contributed by atoms with van der Waals surface area (Å²) in [7, 11) is 3.06. The minimum absolute atomic E-state index is 0.133. The van der Waals surface area contributed by atoms with Crippen LogP contribution < -0.4 is 19.7 Å². The average Bonchev–Trinajstić information content (AvgIpc) is 3.62. The maximum Gasteiger partial charge on any atom is 0.257 e. The number of amides is 3. The molecule has 3 amide bonds. The van der Waals surface area contributed by atoms with E-state index in [1.165, 1.54) is 12.0 Å². The molecule has 3 fully saturated rings. The highest BCUT2D eigenvalue weighted by atomic mass is 16.5. The highest BCUT2D eigenvalue weighted by Crippen LogP contribution is 2.65. The minimum Gasteiger partial charge on any atom is -0.497 e. The Hall–Kier alpha value is -3.61. The fourth-order valence-corrected chi connectivity index (χ4v) is 6.16. The molecule has 5 aliphatic rings. The highest BCUT2D eigenvalue weighted by molar-refractivity contribution is 6.25. The van der Waals surface area contributed by atoms with Crippen molar-refractivity contribution in [1.82, 2.24) is 0 Å². The van der Waals surface area contributed by atoms with Crippen molar-refractivity contribution in [3.05, 3.63) is 60.2 Å². The molecule has 4 aliphatic carbocycles. The summed E-state index contributed by atoms with van der Waals surface area (Å²) in [4.78, 5) is 41.6. The lowest BCUT2D eigenvalue weighted by Crippen LogP contribution is -2.40. The Morgan fingerprint density at radius 3 is 2.24 bits per heavy atom. The molecule has 0 spiro atoms. The molecule has 2 bridgehead atoms. The van der Waals surface area contributed by atoms with Gasteiger partial charge in [-0.3, -0.25) is 14.4 Å². The number of ether oxygens (including phenoxy) is 2. The first-order chi connectivity index (χ1) is 16.0. The van der Waals surface area contributed by atoms with Gasteiger partial charge in [-0.1, -0.05) is 24.3 Å². The van der Waals surface area contributed by atoms with Gasteiger partial charge in [0.25, 0.3) is 5.91 Å². The van der Waals surface area contributed by atoms with E-state index in [0.29, 0.717) is 34.7 Å². The first-order valence-corrected chi connectivity index (χ1v) is 11.2. The standard InChI is InChI=1S/C26H24N2O5/c1-32-13-7-10-21(33-2)19(11-13)27-24(29)16-5-3-4-6-20(16)28-25(30)22-14-8-9-15(18-12-17(14)18)23(22)26(28)31/h3-11,14-15,17-18,22-23H,12H2,1-2H3,(H,27,29)/t14-,15+,17-,18-,22+,23-/m1/s1. The van der Waals surface area contributed by atoms with Crippen molar-refractivity contribution in [2.24, 2.45) is 35.5 Å². The number of carbonyl (C=O) groups excluding carboxylic acids is 3. The molecule has 1 N–H and O–H groups in total. The van der Waals surface area contributed by atoms with Gasteiger partial charge in [0, 0.05) is 6.07 Å². The highest BCUT2D eigenvalue weighted by Gasteiger charge is 2.67. The molecular weight excluding hydrogens is 420 g/mol. The molecule has 1 heterocycles. The zero-order valence-corrected chi connectivity index (χ0v) is 18.4. The van der Waals surface area contributed by atoms with E-state index in [4.69, 9.17) is 9.47 Å². The first kappa shape index (κ1) is 20.0. The average molecular weight is 444 g/mol. The van der Waals surface area contributed by atoms with Crippen LogP contribution in [0.3, 0.4) is 0 Å². The summed E-state index contributed by atoms with van der Waals surface area (Å²) in [5.41, 5.74) is 1.02. The Labute approximate surface area is 191 Å². The molecule has 6 atom stereocenters. The topological polar surface area (TPSA) is 84.9 Å². The van der Waals surface area contributed by atoms with Gasteiger partial charge in [-0.05, 0) is 54.4 Å². The Kier molecular flexibility index (Phi) is 4.37. The van der Waals surface area contributed by atoms with Crippen molar-refractivity contribution in [1.29, 1.82) is 0 Å². The van der Waals surface area contributed by atoms with Gasteiger partial charge in [-0.2, -0.15) is 0 Å². The van der Waals surface area contributed by atoms with E-state index in [9.17, 15) is 14.4 Å². The number of benzene rings is 2. The van der Waals surface area contributed by atoms with Gasteiger partial charge in [-0.25, -0.2) is 4.90 Å². The number of hydrogen-bond donors (Lipinski definition) is 1. The SMILES string of the molecule is COc1ccc(OC)c(NC(=O)c2ccccc2N2C(=O)[C@@H]3[C@H]4C=C[C@H]([C@H]5C[C@H]45)[C@@H]3C2=O)c1. The molecule has 7 rings (SSSR count). The monoisotopic (exact) mass is 444 g/mol. The molecule has 168 valence electrons. The van der Waals surface area contributed by atoms with Gasteiger partial charge in [-0.15, -0.1) is 0 Å². The molecule has 7 nitrogen and oxygen atoms in total. The predicted octanol–water partition coefficient (Wildman–Crippen LogP) is 3.51. The molecule has 33 heavy (non-hydrogen) atoms. The van der Waals surface area contributed by atoms with Crippen LogP contribution >= 0.6 is 0 Å². The van der Waals surface area contributed by atoms with E-state index in [0.717, 1.165) is 6.42 Å². The van der Waals surface area contributed by atoms with Crippen LogP contribution in [0.25, 0.3) is 0 Å². The summed E-state index contributed by atoms with van der Waals surface area (Å²) >= 11 is 0. The van der Waals surface area contributed by atoms with Crippen LogP contribution in [0.15, 0.2) is 54.6 Å². The first-order valence-electron chi connectivity index (χ1n) is 11.2. The lowest BCUT2D eigenvalue weighted by Gasteiger charge is -2.37. The molecule has 0 unspecified atom stereocenters.